The third-order valence-corrected chi connectivity index (χ3v) is 3.23. The van der Waals surface area contributed by atoms with Crippen LogP contribution in [0.15, 0.2) is 34.9 Å². The molecule has 6 heteroatoms. The number of nitrogens with zero attached hydrogens (tertiary/aromatic N) is 3. The summed E-state index contributed by atoms with van der Waals surface area (Å²) in [5.41, 5.74) is 1.91. The lowest BCUT2D eigenvalue weighted by molar-refractivity contribution is 0.0778. The molecule has 1 aromatic heterocycles. The van der Waals surface area contributed by atoms with Crippen molar-refractivity contribution in [1.29, 1.82) is 5.26 Å². The van der Waals surface area contributed by atoms with Gasteiger partial charge in [-0.15, -0.1) is 0 Å². The molecule has 0 aliphatic heterocycles. The monoisotopic (exact) mass is 318 g/mol. The molecule has 1 N–H and O–H groups in total. The second-order valence-corrected chi connectivity index (χ2v) is 4.92. The number of benzene rings is 1. The number of hydrogen-bond donors (Lipinski definition) is 1. The summed E-state index contributed by atoms with van der Waals surface area (Å²) in [4.78, 5) is 13.7. The maximum Gasteiger partial charge on any atom is 0.273 e. The first-order valence-electron chi connectivity index (χ1n) is 5.55. The highest BCUT2D eigenvalue weighted by Gasteiger charge is 2.16. The number of carbonyl (C=O) groups excluding carboxylic acids is 1. The highest BCUT2D eigenvalue weighted by atomic mass is 79.9. The number of nitriles is 1. The SMILES string of the molecule is CN(Cc1cccc(C#N)c1)C(=O)c1[nH]ncc1Br. The molecule has 0 aliphatic rings. The van der Waals surface area contributed by atoms with Gasteiger partial charge in [-0.05, 0) is 33.6 Å². The second-order valence-electron chi connectivity index (χ2n) is 4.07. The van der Waals surface area contributed by atoms with Gasteiger partial charge in [-0.25, -0.2) is 0 Å². The third kappa shape index (κ3) is 3.01. The van der Waals surface area contributed by atoms with Crippen molar-refractivity contribution in [2.75, 3.05) is 7.05 Å². The molecule has 0 aliphatic carbocycles. The zero-order valence-electron chi connectivity index (χ0n) is 10.2. The third-order valence-electron chi connectivity index (χ3n) is 2.63. The fourth-order valence-electron chi connectivity index (χ4n) is 1.70. The Balaban J connectivity index is 2.13. The minimum absolute atomic E-state index is 0.160. The normalized spacial score (nSPS) is 9.95. The number of aromatic nitrogens is 2. The van der Waals surface area contributed by atoms with Crippen molar-refractivity contribution in [2.24, 2.45) is 0 Å². The van der Waals surface area contributed by atoms with Gasteiger partial charge in [-0.2, -0.15) is 10.4 Å². The molecule has 19 heavy (non-hydrogen) atoms. The zero-order valence-corrected chi connectivity index (χ0v) is 11.8. The summed E-state index contributed by atoms with van der Waals surface area (Å²) in [6, 6.07) is 9.27. The lowest BCUT2D eigenvalue weighted by Crippen LogP contribution is -2.26. The molecule has 96 valence electrons. The number of aromatic amines is 1. The van der Waals surface area contributed by atoms with Crippen LogP contribution in [0, 0.1) is 11.3 Å². The van der Waals surface area contributed by atoms with E-state index in [0.717, 1.165) is 5.56 Å². The van der Waals surface area contributed by atoms with Gasteiger partial charge in [-0.3, -0.25) is 9.89 Å². The molecule has 5 nitrogen and oxygen atoms in total. The first-order chi connectivity index (χ1) is 9.11. The minimum Gasteiger partial charge on any atom is -0.336 e. The van der Waals surface area contributed by atoms with Gasteiger partial charge in [0.2, 0.25) is 0 Å². The molecule has 0 saturated heterocycles. The number of carbonyl (C=O) groups is 1. The maximum atomic E-state index is 12.1. The number of nitrogens with one attached hydrogen (secondary N) is 1. The van der Waals surface area contributed by atoms with Gasteiger partial charge in [0.25, 0.3) is 5.91 Å². The van der Waals surface area contributed by atoms with Crippen LogP contribution in [0.25, 0.3) is 0 Å². The smallest absolute Gasteiger partial charge is 0.273 e. The summed E-state index contributed by atoms with van der Waals surface area (Å²) >= 11 is 3.26. The molecule has 1 heterocycles. The Kier molecular flexibility index (Phi) is 3.97. The fraction of sp³-hybridized carbons (Fsp3) is 0.154. The Morgan fingerprint density at radius 3 is 3.00 bits per heavy atom. The van der Waals surface area contributed by atoms with E-state index in [-0.39, 0.29) is 5.91 Å². The van der Waals surface area contributed by atoms with E-state index < -0.39 is 0 Å². The molecule has 1 amide bonds. The average Bonchev–Trinajstić information content (AvgIpc) is 2.84. The molecule has 0 saturated carbocycles. The van der Waals surface area contributed by atoms with Gasteiger partial charge < -0.3 is 4.90 Å². The topological polar surface area (TPSA) is 72.8 Å². The van der Waals surface area contributed by atoms with Crippen molar-refractivity contribution in [1.82, 2.24) is 15.1 Å². The number of halogens is 1. The average molecular weight is 319 g/mol. The molecule has 2 aromatic rings. The van der Waals surface area contributed by atoms with E-state index in [9.17, 15) is 4.79 Å². The van der Waals surface area contributed by atoms with Crippen molar-refractivity contribution in [3.63, 3.8) is 0 Å². The van der Waals surface area contributed by atoms with Crippen LogP contribution in [0.4, 0.5) is 0 Å². The van der Waals surface area contributed by atoms with Crippen LogP contribution in [-0.2, 0) is 6.54 Å². The van der Waals surface area contributed by atoms with Crippen LogP contribution in [0.3, 0.4) is 0 Å². The van der Waals surface area contributed by atoms with Crippen LogP contribution in [0.5, 0.6) is 0 Å². The highest BCUT2D eigenvalue weighted by Crippen LogP contribution is 2.16. The Morgan fingerprint density at radius 2 is 2.37 bits per heavy atom. The molecule has 0 atom stereocenters. The highest BCUT2D eigenvalue weighted by molar-refractivity contribution is 9.10. The van der Waals surface area contributed by atoms with E-state index in [1.54, 1.807) is 30.1 Å². The first kappa shape index (κ1) is 13.3. The van der Waals surface area contributed by atoms with Gasteiger partial charge in [-0.1, -0.05) is 12.1 Å². The van der Waals surface area contributed by atoms with Crippen LogP contribution in [-0.4, -0.2) is 28.1 Å². The Morgan fingerprint density at radius 1 is 1.58 bits per heavy atom. The standard InChI is InChI=1S/C13H11BrN4O/c1-18(13(19)12-11(14)7-16-17-12)8-10-4-2-3-9(5-10)6-15/h2-5,7H,8H2,1H3,(H,16,17). The Labute approximate surface area is 119 Å². The molecule has 0 radical (unpaired) electrons. The molecule has 2 rings (SSSR count). The summed E-state index contributed by atoms with van der Waals surface area (Å²) in [7, 11) is 1.70. The predicted molar refractivity (Wildman–Crippen MR) is 73.2 cm³/mol. The van der Waals surface area contributed by atoms with E-state index in [1.807, 2.05) is 6.07 Å². The first-order valence-corrected chi connectivity index (χ1v) is 6.34. The predicted octanol–water partition coefficient (Wildman–Crippen LogP) is 2.32. The molecule has 0 fully saturated rings. The summed E-state index contributed by atoms with van der Waals surface area (Å²) in [5.74, 6) is -0.160. The molecular weight excluding hydrogens is 308 g/mol. The van der Waals surface area contributed by atoms with Crippen molar-refractivity contribution in [3.8, 4) is 6.07 Å². The van der Waals surface area contributed by atoms with Crippen LogP contribution < -0.4 is 0 Å². The molecular formula is C13H11BrN4O. The van der Waals surface area contributed by atoms with Crippen molar-refractivity contribution in [2.45, 2.75) is 6.54 Å². The van der Waals surface area contributed by atoms with Crippen LogP contribution in [0.2, 0.25) is 0 Å². The van der Waals surface area contributed by atoms with E-state index in [2.05, 4.69) is 32.2 Å². The van der Waals surface area contributed by atoms with E-state index >= 15 is 0 Å². The van der Waals surface area contributed by atoms with E-state index in [1.165, 1.54) is 6.20 Å². The quantitative estimate of drug-likeness (QED) is 0.943. The molecule has 0 unspecified atom stereocenters. The Bertz CT molecular complexity index is 644. The number of hydrogen-bond acceptors (Lipinski definition) is 3. The Hall–Kier alpha value is -2.13. The number of amides is 1. The van der Waals surface area contributed by atoms with E-state index in [4.69, 9.17) is 5.26 Å². The van der Waals surface area contributed by atoms with Crippen molar-refractivity contribution < 1.29 is 4.79 Å². The van der Waals surface area contributed by atoms with E-state index in [0.29, 0.717) is 22.3 Å². The van der Waals surface area contributed by atoms with Crippen LogP contribution in [0.1, 0.15) is 21.6 Å². The maximum absolute atomic E-state index is 12.1. The summed E-state index contributed by atoms with van der Waals surface area (Å²) in [6.45, 7) is 0.430. The largest absolute Gasteiger partial charge is 0.336 e. The lowest BCUT2D eigenvalue weighted by Gasteiger charge is -2.16. The molecule has 1 aromatic carbocycles. The molecule has 0 bridgehead atoms. The second kappa shape index (κ2) is 5.67. The van der Waals surface area contributed by atoms with Crippen molar-refractivity contribution >= 4 is 21.8 Å². The van der Waals surface area contributed by atoms with Gasteiger partial charge in [0.05, 0.1) is 22.3 Å². The van der Waals surface area contributed by atoms with Gasteiger partial charge in [0.1, 0.15) is 5.69 Å². The summed E-state index contributed by atoms with van der Waals surface area (Å²) < 4.78 is 0.634. The minimum atomic E-state index is -0.160. The van der Waals surface area contributed by atoms with Gasteiger partial charge >= 0.3 is 0 Å². The van der Waals surface area contributed by atoms with Gasteiger partial charge in [0.15, 0.2) is 0 Å². The summed E-state index contributed by atoms with van der Waals surface area (Å²) in [5, 5.41) is 15.3. The summed E-state index contributed by atoms with van der Waals surface area (Å²) in [6.07, 6.45) is 1.54. The van der Waals surface area contributed by atoms with Gasteiger partial charge in [0, 0.05) is 13.6 Å². The lowest BCUT2D eigenvalue weighted by atomic mass is 10.1. The number of H-pyrrole nitrogens is 1. The van der Waals surface area contributed by atoms with Crippen LogP contribution >= 0.6 is 15.9 Å². The zero-order chi connectivity index (χ0) is 13.8. The van der Waals surface area contributed by atoms with Crippen molar-refractivity contribution in [3.05, 3.63) is 51.8 Å². The number of rotatable bonds is 3. The fourth-order valence-corrected chi connectivity index (χ4v) is 2.06. The molecule has 0 spiro atoms.